The van der Waals surface area contributed by atoms with Crippen LogP contribution in [0, 0.1) is 0 Å². The Bertz CT molecular complexity index is 993. The number of aldehydes is 2. The Kier molecular flexibility index (Phi) is 6.81. The van der Waals surface area contributed by atoms with E-state index in [1.54, 1.807) is 0 Å². The Morgan fingerprint density at radius 2 is 1.21 bits per heavy atom. The van der Waals surface area contributed by atoms with Crippen molar-refractivity contribution in [3.8, 4) is 21.6 Å². The van der Waals surface area contributed by atoms with Gasteiger partial charge in [-0.2, -0.15) is 0 Å². The predicted molar refractivity (Wildman–Crippen MR) is 123 cm³/mol. The second-order valence-electron chi connectivity index (χ2n) is 7.23. The Hall–Kier alpha value is -2.52. The van der Waals surface area contributed by atoms with E-state index in [-0.39, 0.29) is 0 Å². The quantitative estimate of drug-likeness (QED) is 0.380. The minimum absolute atomic E-state index is 0.754. The zero-order valence-corrected chi connectivity index (χ0v) is 18.5. The van der Waals surface area contributed by atoms with Gasteiger partial charge in [0, 0.05) is 10.4 Å². The van der Waals surface area contributed by atoms with Gasteiger partial charge in [0.05, 0.1) is 4.88 Å². The van der Waals surface area contributed by atoms with Gasteiger partial charge in [-0.05, 0) is 88.9 Å². The van der Waals surface area contributed by atoms with Gasteiger partial charge >= 0.3 is 0 Å². The number of benzene rings is 2. The smallest absolute Gasteiger partial charge is 0.160 e. The molecule has 0 atom stereocenters. The molecule has 0 fully saturated rings. The summed E-state index contributed by atoms with van der Waals surface area (Å²) < 4.78 is 0. The van der Waals surface area contributed by atoms with E-state index < -0.39 is 0 Å². The van der Waals surface area contributed by atoms with Crippen LogP contribution in [0.25, 0.3) is 21.6 Å². The molecule has 29 heavy (non-hydrogen) atoms. The summed E-state index contributed by atoms with van der Waals surface area (Å²) in [5.41, 5.74) is 9.40. The summed E-state index contributed by atoms with van der Waals surface area (Å²) in [4.78, 5) is 24.6. The lowest BCUT2D eigenvalue weighted by Gasteiger charge is -2.19. The van der Waals surface area contributed by atoms with E-state index >= 15 is 0 Å². The van der Waals surface area contributed by atoms with Gasteiger partial charge in [0.25, 0.3) is 0 Å². The molecule has 1 heterocycles. The molecule has 0 saturated carbocycles. The van der Waals surface area contributed by atoms with Gasteiger partial charge in [0.1, 0.15) is 0 Å². The van der Waals surface area contributed by atoms with Crippen molar-refractivity contribution in [1.82, 2.24) is 0 Å². The fraction of sp³-hybridized carbons (Fsp3) is 0.308. The molecule has 0 unspecified atom stereocenters. The molecular weight excluding hydrogens is 376 g/mol. The maximum Gasteiger partial charge on any atom is 0.160 e. The standard InChI is InChI=1S/C26H28O2S/c1-5-17-11-22(12-18(6-2)24(17)16-28)26-19(7-3)13-21(14-20(26)8-4)25-10-9-23(15-27)29-25/h9-16H,5-8H2,1-4H3. The number of hydrogen-bond donors (Lipinski definition) is 0. The second-order valence-corrected chi connectivity index (χ2v) is 8.34. The van der Waals surface area contributed by atoms with Crippen LogP contribution in [-0.4, -0.2) is 12.6 Å². The molecule has 1 aromatic heterocycles. The summed E-state index contributed by atoms with van der Waals surface area (Å²) in [5, 5.41) is 0. The number of thiophene rings is 1. The summed E-state index contributed by atoms with van der Waals surface area (Å²) in [5.74, 6) is 0. The number of carbonyl (C=O) groups is 2. The van der Waals surface area contributed by atoms with E-state index in [1.807, 2.05) is 12.1 Å². The number of carbonyl (C=O) groups excluding carboxylic acids is 2. The van der Waals surface area contributed by atoms with E-state index in [1.165, 1.54) is 39.2 Å². The van der Waals surface area contributed by atoms with Crippen molar-refractivity contribution in [2.45, 2.75) is 53.4 Å². The van der Waals surface area contributed by atoms with Crippen molar-refractivity contribution in [2.75, 3.05) is 0 Å². The van der Waals surface area contributed by atoms with E-state index in [9.17, 15) is 9.59 Å². The third-order valence-electron chi connectivity index (χ3n) is 5.61. The molecule has 0 saturated heterocycles. The van der Waals surface area contributed by atoms with Crippen LogP contribution in [-0.2, 0) is 25.7 Å². The van der Waals surface area contributed by atoms with Gasteiger partial charge < -0.3 is 0 Å². The Labute approximate surface area is 177 Å². The molecule has 0 aliphatic heterocycles. The van der Waals surface area contributed by atoms with Crippen LogP contribution in [0.2, 0.25) is 0 Å². The average Bonchev–Trinajstić information content (AvgIpc) is 3.26. The van der Waals surface area contributed by atoms with Gasteiger partial charge in [-0.25, -0.2) is 0 Å². The number of hydrogen-bond acceptors (Lipinski definition) is 3. The zero-order valence-electron chi connectivity index (χ0n) is 17.7. The first-order valence-electron chi connectivity index (χ1n) is 10.4. The topological polar surface area (TPSA) is 34.1 Å². The van der Waals surface area contributed by atoms with Gasteiger partial charge in [0.15, 0.2) is 12.6 Å². The lowest BCUT2D eigenvalue weighted by molar-refractivity contribution is 0.111. The highest BCUT2D eigenvalue weighted by atomic mass is 32.1. The number of rotatable bonds is 8. The average molecular weight is 405 g/mol. The number of aryl methyl sites for hydroxylation is 4. The summed E-state index contributed by atoms with van der Waals surface area (Å²) >= 11 is 1.54. The van der Waals surface area contributed by atoms with E-state index in [0.717, 1.165) is 64.7 Å². The van der Waals surface area contributed by atoms with Crippen molar-refractivity contribution in [3.63, 3.8) is 0 Å². The first kappa shape index (κ1) is 21.2. The minimum atomic E-state index is 0.754. The first-order valence-corrected chi connectivity index (χ1v) is 11.2. The molecule has 0 spiro atoms. The Morgan fingerprint density at radius 3 is 1.62 bits per heavy atom. The lowest BCUT2D eigenvalue weighted by atomic mass is 9.86. The van der Waals surface area contributed by atoms with Gasteiger partial charge in [-0.3, -0.25) is 9.59 Å². The molecule has 3 rings (SSSR count). The van der Waals surface area contributed by atoms with Crippen LogP contribution < -0.4 is 0 Å². The summed E-state index contributed by atoms with van der Waals surface area (Å²) in [6, 6.07) is 12.8. The second kappa shape index (κ2) is 9.32. The summed E-state index contributed by atoms with van der Waals surface area (Å²) in [7, 11) is 0. The molecule has 0 radical (unpaired) electrons. The van der Waals surface area contributed by atoms with Crippen LogP contribution in [0.15, 0.2) is 36.4 Å². The predicted octanol–water partition coefficient (Wildman–Crippen LogP) is 6.96. The fourth-order valence-corrected chi connectivity index (χ4v) is 4.88. The third kappa shape index (κ3) is 4.11. The lowest BCUT2D eigenvalue weighted by Crippen LogP contribution is -2.02. The molecule has 2 aromatic carbocycles. The third-order valence-corrected chi connectivity index (χ3v) is 6.67. The molecule has 0 aliphatic carbocycles. The van der Waals surface area contributed by atoms with Crippen LogP contribution in [0.3, 0.4) is 0 Å². The monoisotopic (exact) mass is 404 g/mol. The Balaban J connectivity index is 2.24. The van der Waals surface area contributed by atoms with Crippen LogP contribution >= 0.6 is 11.3 Å². The van der Waals surface area contributed by atoms with Crippen molar-refractivity contribution < 1.29 is 9.59 Å². The molecule has 3 heteroatoms. The fourth-order valence-electron chi connectivity index (χ4n) is 4.07. The largest absolute Gasteiger partial charge is 0.298 e. The van der Waals surface area contributed by atoms with Crippen molar-refractivity contribution >= 4 is 23.9 Å². The SMILES string of the molecule is CCc1cc(-c2c(CC)cc(-c3ccc(C=O)s3)cc2CC)cc(CC)c1C=O. The summed E-state index contributed by atoms with van der Waals surface area (Å²) in [6.45, 7) is 8.60. The van der Waals surface area contributed by atoms with Crippen LogP contribution in [0.4, 0.5) is 0 Å². The van der Waals surface area contributed by atoms with Crippen molar-refractivity contribution in [3.05, 3.63) is 69.1 Å². The van der Waals surface area contributed by atoms with Crippen LogP contribution in [0.1, 0.15) is 70.0 Å². The minimum Gasteiger partial charge on any atom is -0.298 e. The van der Waals surface area contributed by atoms with E-state index in [2.05, 4.69) is 52.0 Å². The van der Waals surface area contributed by atoms with Gasteiger partial charge in [-0.1, -0.05) is 39.8 Å². The maximum absolute atomic E-state index is 11.7. The molecule has 0 N–H and O–H groups in total. The molecule has 2 nitrogen and oxygen atoms in total. The first-order chi connectivity index (χ1) is 14.1. The zero-order chi connectivity index (χ0) is 21.0. The highest BCUT2D eigenvalue weighted by molar-refractivity contribution is 7.17. The van der Waals surface area contributed by atoms with Gasteiger partial charge in [0.2, 0.25) is 0 Å². The molecule has 3 aromatic rings. The van der Waals surface area contributed by atoms with E-state index in [4.69, 9.17) is 0 Å². The molecular formula is C26H28O2S. The molecule has 0 bridgehead atoms. The maximum atomic E-state index is 11.7. The highest BCUT2D eigenvalue weighted by Crippen LogP contribution is 2.37. The summed E-state index contributed by atoms with van der Waals surface area (Å²) in [6.07, 6.45) is 5.48. The van der Waals surface area contributed by atoms with Crippen LogP contribution in [0.5, 0.6) is 0 Å². The highest BCUT2D eigenvalue weighted by Gasteiger charge is 2.16. The van der Waals surface area contributed by atoms with E-state index in [0.29, 0.717) is 0 Å². The van der Waals surface area contributed by atoms with Crippen molar-refractivity contribution in [1.29, 1.82) is 0 Å². The van der Waals surface area contributed by atoms with Crippen molar-refractivity contribution in [2.24, 2.45) is 0 Å². The normalized spacial score (nSPS) is 10.9. The molecule has 0 amide bonds. The van der Waals surface area contributed by atoms with Gasteiger partial charge in [-0.15, -0.1) is 11.3 Å². The Morgan fingerprint density at radius 1 is 0.690 bits per heavy atom. The molecule has 150 valence electrons. The molecule has 0 aliphatic rings.